The first-order chi connectivity index (χ1) is 9.79. The predicted octanol–water partition coefficient (Wildman–Crippen LogP) is 0.444. The van der Waals surface area contributed by atoms with E-state index < -0.39 is 0 Å². The second-order valence-electron chi connectivity index (χ2n) is 4.55. The van der Waals surface area contributed by atoms with Crippen LogP contribution in [0.25, 0.3) is 0 Å². The first-order valence-electron chi connectivity index (χ1n) is 6.74. The van der Waals surface area contributed by atoms with Crippen LogP contribution < -0.4 is 10.6 Å². The maximum Gasteiger partial charge on any atom is 0.271 e. The van der Waals surface area contributed by atoms with Crippen molar-refractivity contribution in [2.75, 3.05) is 38.7 Å². The van der Waals surface area contributed by atoms with Gasteiger partial charge in [0.15, 0.2) is 0 Å². The molecular formula is C13H20N4O3. The van der Waals surface area contributed by atoms with Gasteiger partial charge in [0.2, 0.25) is 0 Å². The van der Waals surface area contributed by atoms with E-state index >= 15 is 0 Å². The fraction of sp³-hybridized carbons (Fsp3) is 0.615. The lowest BCUT2D eigenvalue weighted by atomic mass is 10.2. The Morgan fingerprint density at radius 2 is 2.40 bits per heavy atom. The van der Waals surface area contributed by atoms with Gasteiger partial charge in [0.25, 0.3) is 5.91 Å². The number of anilines is 1. The standard InChI is InChI=1S/C13H20N4O3/c1-19-6-4-14-12-9-15-11(8-16-12)13(18)17-7-10-3-2-5-20-10/h8-10H,2-7H2,1H3,(H,14,16)(H,17,18). The van der Waals surface area contributed by atoms with Gasteiger partial charge in [0.1, 0.15) is 11.5 Å². The van der Waals surface area contributed by atoms with Gasteiger partial charge in [0, 0.05) is 26.8 Å². The number of hydrogen-bond acceptors (Lipinski definition) is 6. The summed E-state index contributed by atoms with van der Waals surface area (Å²) in [6.07, 6.45) is 5.18. The van der Waals surface area contributed by atoms with Crippen LogP contribution in [0.4, 0.5) is 5.82 Å². The second kappa shape index (κ2) is 7.76. The molecule has 0 radical (unpaired) electrons. The number of ether oxygens (including phenoxy) is 2. The van der Waals surface area contributed by atoms with Crippen LogP contribution in [-0.4, -0.2) is 55.4 Å². The number of carbonyl (C=O) groups excluding carboxylic acids is 1. The molecule has 0 saturated carbocycles. The number of rotatable bonds is 7. The Labute approximate surface area is 118 Å². The molecule has 1 fully saturated rings. The fourth-order valence-electron chi connectivity index (χ4n) is 1.92. The molecule has 1 saturated heterocycles. The van der Waals surface area contributed by atoms with Crippen molar-refractivity contribution in [3.63, 3.8) is 0 Å². The maximum atomic E-state index is 11.9. The predicted molar refractivity (Wildman–Crippen MR) is 73.7 cm³/mol. The van der Waals surface area contributed by atoms with Gasteiger partial charge in [-0.3, -0.25) is 4.79 Å². The number of amides is 1. The molecule has 1 aromatic heterocycles. The summed E-state index contributed by atoms with van der Waals surface area (Å²) < 4.78 is 10.4. The molecule has 7 heteroatoms. The lowest BCUT2D eigenvalue weighted by Crippen LogP contribution is -2.32. The maximum absolute atomic E-state index is 11.9. The molecule has 7 nitrogen and oxygen atoms in total. The van der Waals surface area contributed by atoms with Crippen LogP contribution in [0.5, 0.6) is 0 Å². The molecule has 20 heavy (non-hydrogen) atoms. The summed E-state index contributed by atoms with van der Waals surface area (Å²) in [6.45, 7) is 2.54. The van der Waals surface area contributed by atoms with Crippen molar-refractivity contribution in [3.8, 4) is 0 Å². The molecule has 0 bridgehead atoms. The number of nitrogens with zero attached hydrogens (tertiary/aromatic N) is 2. The molecule has 1 aliphatic heterocycles. The summed E-state index contributed by atoms with van der Waals surface area (Å²) in [5.74, 6) is 0.397. The minimum Gasteiger partial charge on any atom is -0.383 e. The van der Waals surface area contributed by atoms with E-state index in [9.17, 15) is 4.79 Å². The summed E-state index contributed by atoms with van der Waals surface area (Å²) in [5.41, 5.74) is 0.306. The smallest absolute Gasteiger partial charge is 0.271 e. The molecule has 0 spiro atoms. The Bertz CT molecular complexity index is 418. The first-order valence-corrected chi connectivity index (χ1v) is 6.74. The van der Waals surface area contributed by atoms with Crippen LogP contribution in [0.2, 0.25) is 0 Å². The molecule has 1 aromatic rings. The third kappa shape index (κ3) is 4.43. The van der Waals surface area contributed by atoms with E-state index in [0.29, 0.717) is 31.2 Å². The molecule has 0 aromatic carbocycles. The molecule has 0 aliphatic carbocycles. The van der Waals surface area contributed by atoms with Crippen molar-refractivity contribution in [2.24, 2.45) is 0 Å². The van der Waals surface area contributed by atoms with Crippen molar-refractivity contribution >= 4 is 11.7 Å². The third-order valence-corrected chi connectivity index (χ3v) is 3.01. The van der Waals surface area contributed by atoms with E-state index in [4.69, 9.17) is 9.47 Å². The average Bonchev–Trinajstić information content (AvgIpc) is 2.99. The van der Waals surface area contributed by atoms with E-state index in [-0.39, 0.29) is 12.0 Å². The monoisotopic (exact) mass is 280 g/mol. The van der Waals surface area contributed by atoms with E-state index in [0.717, 1.165) is 19.4 Å². The summed E-state index contributed by atoms with van der Waals surface area (Å²) >= 11 is 0. The van der Waals surface area contributed by atoms with Gasteiger partial charge in [-0.25, -0.2) is 9.97 Å². The van der Waals surface area contributed by atoms with E-state index in [2.05, 4.69) is 20.6 Å². The van der Waals surface area contributed by atoms with Crippen LogP contribution >= 0.6 is 0 Å². The Morgan fingerprint density at radius 1 is 1.50 bits per heavy atom. The van der Waals surface area contributed by atoms with Crippen molar-refractivity contribution in [1.82, 2.24) is 15.3 Å². The number of aromatic nitrogens is 2. The van der Waals surface area contributed by atoms with Crippen LogP contribution in [0.3, 0.4) is 0 Å². The van der Waals surface area contributed by atoms with Crippen LogP contribution in [-0.2, 0) is 9.47 Å². The highest BCUT2D eigenvalue weighted by molar-refractivity contribution is 5.92. The molecule has 1 aliphatic rings. The Hall–Kier alpha value is -1.73. The largest absolute Gasteiger partial charge is 0.383 e. The van der Waals surface area contributed by atoms with Crippen LogP contribution in [0.1, 0.15) is 23.3 Å². The second-order valence-corrected chi connectivity index (χ2v) is 4.55. The van der Waals surface area contributed by atoms with Gasteiger partial charge in [-0.1, -0.05) is 0 Å². The van der Waals surface area contributed by atoms with Gasteiger partial charge in [-0.2, -0.15) is 0 Å². The molecule has 2 heterocycles. The number of carbonyl (C=O) groups is 1. The zero-order valence-corrected chi connectivity index (χ0v) is 11.6. The molecule has 1 amide bonds. The van der Waals surface area contributed by atoms with Crippen LogP contribution in [0, 0.1) is 0 Å². The molecule has 2 N–H and O–H groups in total. The molecule has 1 unspecified atom stereocenters. The van der Waals surface area contributed by atoms with Gasteiger partial charge < -0.3 is 20.1 Å². The lowest BCUT2D eigenvalue weighted by Gasteiger charge is -2.10. The SMILES string of the molecule is COCCNc1cnc(C(=O)NCC2CCCO2)cn1. The number of nitrogens with one attached hydrogen (secondary N) is 2. The summed E-state index contributed by atoms with van der Waals surface area (Å²) in [5, 5.41) is 5.84. The van der Waals surface area contributed by atoms with Gasteiger partial charge >= 0.3 is 0 Å². The van der Waals surface area contributed by atoms with E-state index in [1.165, 1.54) is 12.4 Å². The normalized spacial score (nSPS) is 17.9. The van der Waals surface area contributed by atoms with Gasteiger partial charge in [-0.05, 0) is 12.8 Å². The molecule has 1 atom stereocenters. The Balaban J connectivity index is 1.77. The Morgan fingerprint density at radius 3 is 3.05 bits per heavy atom. The Kier molecular flexibility index (Phi) is 5.69. The highest BCUT2D eigenvalue weighted by Gasteiger charge is 2.17. The zero-order valence-electron chi connectivity index (χ0n) is 11.6. The summed E-state index contributed by atoms with van der Waals surface area (Å²) in [7, 11) is 1.63. The number of methoxy groups -OCH3 is 1. The van der Waals surface area contributed by atoms with E-state index in [1.54, 1.807) is 7.11 Å². The van der Waals surface area contributed by atoms with Gasteiger partial charge in [-0.15, -0.1) is 0 Å². The fourth-order valence-corrected chi connectivity index (χ4v) is 1.92. The first kappa shape index (κ1) is 14.7. The highest BCUT2D eigenvalue weighted by atomic mass is 16.5. The molecular weight excluding hydrogens is 260 g/mol. The minimum atomic E-state index is -0.226. The quantitative estimate of drug-likeness (QED) is 0.705. The van der Waals surface area contributed by atoms with Gasteiger partial charge in [0.05, 0.1) is 25.1 Å². The lowest BCUT2D eigenvalue weighted by molar-refractivity contribution is 0.0853. The third-order valence-electron chi connectivity index (χ3n) is 3.01. The van der Waals surface area contributed by atoms with Crippen molar-refractivity contribution in [1.29, 1.82) is 0 Å². The average molecular weight is 280 g/mol. The molecule has 110 valence electrons. The zero-order chi connectivity index (χ0) is 14.2. The van der Waals surface area contributed by atoms with Crippen molar-refractivity contribution < 1.29 is 14.3 Å². The van der Waals surface area contributed by atoms with Crippen molar-refractivity contribution in [2.45, 2.75) is 18.9 Å². The topological polar surface area (TPSA) is 85.4 Å². The van der Waals surface area contributed by atoms with Crippen molar-refractivity contribution in [3.05, 3.63) is 18.1 Å². The molecule has 2 rings (SSSR count). The summed E-state index contributed by atoms with van der Waals surface area (Å²) in [6, 6.07) is 0. The van der Waals surface area contributed by atoms with E-state index in [1.807, 2.05) is 0 Å². The highest BCUT2D eigenvalue weighted by Crippen LogP contribution is 2.10. The number of hydrogen-bond donors (Lipinski definition) is 2. The minimum absolute atomic E-state index is 0.127. The summed E-state index contributed by atoms with van der Waals surface area (Å²) in [4.78, 5) is 20.1. The van der Waals surface area contributed by atoms with Crippen LogP contribution in [0.15, 0.2) is 12.4 Å².